The molecule has 2 nitrogen and oxygen atoms in total. The van der Waals surface area contributed by atoms with E-state index in [0.717, 1.165) is 5.84 Å². The molecule has 0 spiro atoms. The molecule has 1 aliphatic carbocycles. The molecule has 2 rings (SSSR count). The molecule has 92 valence electrons. The maximum Gasteiger partial charge on any atom is 0.130 e. The molecule has 1 fully saturated rings. The van der Waals surface area contributed by atoms with Crippen molar-refractivity contribution in [1.29, 1.82) is 0 Å². The number of amidine groups is 1. The minimum absolute atomic E-state index is 0.529. The maximum atomic E-state index is 4.95. The van der Waals surface area contributed by atoms with Gasteiger partial charge in [-0.3, -0.25) is 4.99 Å². The van der Waals surface area contributed by atoms with Crippen molar-refractivity contribution < 1.29 is 0 Å². The van der Waals surface area contributed by atoms with Gasteiger partial charge in [-0.05, 0) is 12.8 Å². The SMILES string of the molecule is CN(C)/C(=N\C1CCCCC1)c1ccccc1. The topological polar surface area (TPSA) is 15.6 Å². The Hall–Kier alpha value is -1.31. The number of hydrogen-bond acceptors (Lipinski definition) is 1. The molecule has 0 atom stereocenters. The molecule has 0 radical (unpaired) electrons. The van der Waals surface area contributed by atoms with Crippen molar-refractivity contribution in [3.63, 3.8) is 0 Å². The summed E-state index contributed by atoms with van der Waals surface area (Å²) in [5.74, 6) is 1.12. The van der Waals surface area contributed by atoms with Crippen LogP contribution in [0.4, 0.5) is 0 Å². The average molecular weight is 230 g/mol. The van der Waals surface area contributed by atoms with Crippen LogP contribution in [0.5, 0.6) is 0 Å². The van der Waals surface area contributed by atoms with Crippen LogP contribution in [0.15, 0.2) is 35.3 Å². The van der Waals surface area contributed by atoms with Crippen LogP contribution in [0.3, 0.4) is 0 Å². The second kappa shape index (κ2) is 5.85. The normalized spacial score (nSPS) is 18.1. The standard InChI is InChI=1S/C15H22N2/c1-17(2)15(13-9-5-3-6-10-13)16-14-11-7-4-8-12-14/h3,5-6,9-10,14H,4,7-8,11-12H2,1-2H3/b16-15-. The third kappa shape index (κ3) is 3.32. The van der Waals surface area contributed by atoms with Crippen molar-refractivity contribution >= 4 is 5.84 Å². The van der Waals surface area contributed by atoms with Gasteiger partial charge in [-0.2, -0.15) is 0 Å². The molecule has 17 heavy (non-hydrogen) atoms. The zero-order valence-electron chi connectivity index (χ0n) is 10.9. The van der Waals surface area contributed by atoms with Crippen LogP contribution >= 0.6 is 0 Å². The van der Waals surface area contributed by atoms with Gasteiger partial charge in [0.2, 0.25) is 0 Å². The van der Waals surface area contributed by atoms with Crippen LogP contribution in [0.25, 0.3) is 0 Å². The van der Waals surface area contributed by atoms with Gasteiger partial charge in [0.15, 0.2) is 0 Å². The Morgan fingerprint density at radius 3 is 2.29 bits per heavy atom. The highest BCUT2D eigenvalue weighted by molar-refractivity contribution is 5.98. The number of hydrogen-bond donors (Lipinski definition) is 0. The minimum Gasteiger partial charge on any atom is -0.363 e. The Bertz CT molecular complexity index is 362. The minimum atomic E-state index is 0.529. The summed E-state index contributed by atoms with van der Waals surface area (Å²) in [6.45, 7) is 0. The van der Waals surface area contributed by atoms with Gasteiger partial charge >= 0.3 is 0 Å². The van der Waals surface area contributed by atoms with Crippen LogP contribution in [0, 0.1) is 0 Å². The Balaban J connectivity index is 2.19. The second-order valence-corrected chi connectivity index (χ2v) is 5.00. The van der Waals surface area contributed by atoms with Gasteiger partial charge in [-0.1, -0.05) is 49.6 Å². The van der Waals surface area contributed by atoms with E-state index in [-0.39, 0.29) is 0 Å². The Kier molecular flexibility index (Phi) is 4.18. The van der Waals surface area contributed by atoms with Crippen LogP contribution in [-0.2, 0) is 0 Å². The van der Waals surface area contributed by atoms with Gasteiger partial charge in [0.25, 0.3) is 0 Å². The lowest BCUT2D eigenvalue weighted by atomic mass is 9.96. The summed E-state index contributed by atoms with van der Waals surface area (Å²) in [5, 5.41) is 0. The number of rotatable bonds is 2. The lowest BCUT2D eigenvalue weighted by Gasteiger charge is -2.22. The monoisotopic (exact) mass is 230 g/mol. The molecule has 2 heteroatoms. The van der Waals surface area contributed by atoms with E-state index in [2.05, 4.69) is 49.3 Å². The molecular formula is C15H22N2. The largest absolute Gasteiger partial charge is 0.363 e. The molecule has 0 N–H and O–H groups in total. The summed E-state index contributed by atoms with van der Waals surface area (Å²) >= 11 is 0. The first kappa shape index (κ1) is 12.2. The maximum absolute atomic E-state index is 4.95. The molecule has 1 aromatic carbocycles. The van der Waals surface area contributed by atoms with Gasteiger partial charge in [-0.15, -0.1) is 0 Å². The summed E-state index contributed by atoms with van der Waals surface area (Å²) < 4.78 is 0. The van der Waals surface area contributed by atoms with E-state index in [4.69, 9.17) is 4.99 Å². The van der Waals surface area contributed by atoms with Gasteiger partial charge in [0, 0.05) is 19.7 Å². The zero-order chi connectivity index (χ0) is 12.1. The third-order valence-corrected chi connectivity index (χ3v) is 3.34. The summed E-state index contributed by atoms with van der Waals surface area (Å²) in [4.78, 5) is 7.08. The smallest absolute Gasteiger partial charge is 0.130 e. The highest BCUT2D eigenvalue weighted by atomic mass is 15.1. The molecule has 1 aliphatic rings. The van der Waals surface area contributed by atoms with Crippen molar-refractivity contribution in [2.45, 2.75) is 38.1 Å². The summed E-state index contributed by atoms with van der Waals surface area (Å²) in [7, 11) is 4.16. The van der Waals surface area contributed by atoms with Crippen LogP contribution in [-0.4, -0.2) is 30.9 Å². The van der Waals surface area contributed by atoms with Crippen molar-refractivity contribution in [3.8, 4) is 0 Å². The first-order chi connectivity index (χ1) is 8.27. The molecule has 0 unspecified atom stereocenters. The predicted octanol–water partition coefficient (Wildman–Crippen LogP) is 3.33. The molecule has 0 aromatic heterocycles. The molecule has 0 heterocycles. The van der Waals surface area contributed by atoms with E-state index in [1.807, 2.05) is 0 Å². The van der Waals surface area contributed by atoms with E-state index >= 15 is 0 Å². The Morgan fingerprint density at radius 2 is 1.71 bits per heavy atom. The van der Waals surface area contributed by atoms with Gasteiger partial charge < -0.3 is 4.90 Å². The van der Waals surface area contributed by atoms with Crippen LogP contribution < -0.4 is 0 Å². The van der Waals surface area contributed by atoms with E-state index in [0.29, 0.717) is 6.04 Å². The van der Waals surface area contributed by atoms with Crippen LogP contribution in [0.2, 0.25) is 0 Å². The van der Waals surface area contributed by atoms with E-state index in [9.17, 15) is 0 Å². The summed E-state index contributed by atoms with van der Waals surface area (Å²) in [6.07, 6.45) is 6.57. The molecule has 1 aromatic rings. The third-order valence-electron chi connectivity index (χ3n) is 3.34. The predicted molar refractivity (Wildman–Crippen MR) is 73.5 cm³/mol. The number of nitrogens with zero attached hydrogens (tertiary/aromatic N) is 2. The first-order valence-corrected chi connectivity index (χ1v) is 6.58. The molecule has 1 saturated carbocycles. The quantitative estimate of drug-likeness (QED) is 0.562. The fourth-order valence-corrected chi connectivity index (χ4v) is 2.42. The lowest BCUT2D eigenvalue weighted by molar-refractivity contribution is 0.438. The summed E-state index contributed by atoms with van der Waals surface area (Å²) in [6, 6.07) is 11.0. The van der Waals surface area contributed by atoms with E-state index < -0.39 is 0 Å². The van der Waals surface area contributed by atoms with Gasteiger partial charge in [0.05, 0.1) is 6.04 Å². The molecule has 0 amide bonds. The molecular weight excluding hydrogens is 208 g/mol. The second-order valence-electron chi connectivity index (χ2n) is 5.00. The van der Waals surface area contributed by atoms with Gasteiger partial charge in [0.1, 0.15) is 5.84 Å². The summed E-state index contributed by atoms with van der Waals surface area (Å²) in [5.41, 5.74) is 1.23. The van der Waals surface area contributed by atoms with Crippen molar-refractivity contribution in [3.05, 3.63) is 35.9 Å². The van der Waals surface area contributed by atoms with Crippen molar-refractivity contribution in [2.24, 2.45) is 4.99 Å². The van der Waals surface area contributed by atoms with Crippen molar-refractivity contribution in [1.82, 2.24) is 4.90 Å². The highest BCUT2D eigenvalue weighted by Gasteiger charge is 2.14. The molecule has 0 bridgehead atoms. The Morgan fingerprint density at radius 1 is 1.06 bits per heavy atom. The van der Waals surface area contributed by atoms with Crippen LogP contribution in [0.1, 0.15) is 37.7 Å². The fraction of sp³-hybridized carbons (Fsp3) is 0.533. The van der Waals surface area contributed by atoms with E-state index in [1.165, 1.54) is 37.7 Å². The average Bonchev–Trinajstić information content (AvgIpc) is 2.38. The number of aliphatic imine (C=N–C) groups is 1. The number of benzene rings is 1. The highest BCUT2D eigenvalue weighted by Crippen LogP contribution is 2.21. The molecule has 0 aliphatic heterocycles. The fourth-order valence-electron chi connectivity index (χ4n) is 2.42. The first-order valence-electron chi connectivity index (χ1n) is 6.58. The van der Waals surface area contributed by atoms with Gasteiger partial charge in [-0.25, -0.2) is 0 Å². The lowest BCUT2D eigenvalue weighted by Crippen LogP contribution is -2.26. The van der Waals surface area contributed by atoms with Crippen molar-refractivity contribution in [2.75, 3.05) is 14.1 Å². The van der Waals surface area contributed by atoms with E-state index in [1.54, 1.807) is 0 Å². The zero-order valence-corrected chi connectivity index (χ0v) is 10.9. The molecule has 0 saturated heterocycles. The Labute approximate surface area is 104 Å².